The van der Waals surface area contributed by atoms with E-state index in [-0.39, 0.29) is 11.6 Å². The molecule has 1 N–H and O–H groups in total. The second kappa shape index (κ2) is 9.38. The van der Waals surface area contributed by atoms with Crippen LogP contribution in [0.3, 0.4) is 0 Å². The summed E-state index contributed by atoms with van der Waals surface area (Å²) in [6.45, 7) is 4.98. The molecule has 8 heteroatoms. The van der Waals surface area contributed by atoms with Crippen molar-refractivity contribution in [3.8, 4) is 22.8 Å². The first-order valence-corrected chi connectivity index (χ1v) is 8.98. The van der Waals surface area contributed by atoms with E-state index in [0.29, 0.717) is 29.4 Å². The molecule has 0 unspecified atom stereocenters. The van der Waals surface area contributed by atoms with Gasteiger partial charge in [0.25, 0.3) is 5.91 Å². The summed E-state index contributed by atoms with van der Waals surface area (Å²) in [5.74, 6) is 1.47. The SMILES string of the molecule is COc1ccc(OC)c(-c2cc(C(=O)NCCCN3CCOCC3)no2)c1. The first-order valence-electron chi connectivity index (χ1n) is 8.98. The molecular weight excluding hydrogens is 350 g/mol. The van der Waals surface area contributed by atoms with E-state index in [2.05, 4.69) is 15.4 Å². The van der Waals surface area contributed by atoms with E-state index in [0.717, 1.165) is 39.3 Å². The molecule has 1 aromatic carbocycles. The van der Waals surface area contributed by atoms with Crippen molar-refractivity contribution in [2.24, 2.45) is 0 Å². The van der Waals surface area contributed by atoms with Gasteiger partial charge in [0.1, 0.15) is 11.5 Å². The van der Waals surface area contributed by atoms with Crippen LogP contribution in [0.25, 0.3) is 11.3 Å². The first kappa shape index (κ1) is 19.2. The average Bonchev–Trinajstić information content (AvgIpc) is 3.21. The molecule has 1 fully saturated rings. The van der Waals surface area contributed by atoms with Crippen LogP contribution in [0.2, 0.25) is 0 Å². The van der Waals surface area contributed by atoms with E-state index in [1.54, 1.807) is 38.5 Å². The van der Waals surface area contributed by atoms with Gasteiger partial charge in [0.15, 0.2) is 11.5 Å². The summed E-state index contributed by atoms with van der Waals surface area (Å²) < 4.78 is 21.3. The van der Waals surface area contributed by atoms with Gasteiger partial charge in [-0.1, -0.05) is 5.16 Å². The molecule has 0 spiro atoms. The van der Waals surface area contributed by atoms with Crippen LogP contribution in [-0.2, 0) is 4.74 Å². The lowest BCUT2D eigenvalue weighted by molar-refractivity contribution is 0.0374. The van der Waals surface area contributed by atoms with E-state index < -0.39 is 0 Å². The highest BCUT2D eigenvalue weighted by Gasteiger charge is 2.17. The topological polar surface area (TPSA) is 86.1 Å². The predicted molar refractivity (Wildman–Crippen MR) is 99.3 cm³/mol. The zero-order chi connectivity index (χ0) is 19.1. The Balaban J connectivity index is 1.56. The molecule has 1 aromatic heterocycles. The van der Waals surface area contributed by atoms with Gasteiger partial charge in [0, 0.05) is 25.7 Å². The van der Waals surface area contributed by atoms with Crippen LogP contribution in [0.5, 0.6) is 11.5 Å². The fourth-order valence-electron chi connectivity index (χ4n) is 2.94. The van der Waals surface area contributed by atoms with Crippen molar-refractivity contribution < 1.29 is 23.5 Å². The Morgan fingerprint density at radius 3 is 2.78 bits per heavy atom. The van der Waals surface area contributed by atoms with Crippen molar-refractivity contribution in [1.82, 2.24) is 15.4 Å². The van der Waals surface area contributed by atoms with E-state index in [1.807, 2.05) is 0 Å². The van der Waals surface area contributed by atoms with Crippen LogP contribution >= 0.6 is 0 Å². The van der Waals surface area contributed by atoms with Crippen molar-refractivity contribution in [2.45, 2.75) is 6.42 Å². The zero-order valence-corrected chi connectivity index (χ0v) is 15.7. The number of carbonyl (C=O) groups excluding carboxylic acids is 1. The maximum absolute atomic E-state index is 12.3. The second-order valence-electron chi connectivity index (χ2n) is 6.21. The number of rotatable bonds is 8. The standard InChI is InChI=1S/C19H25N3O5/c1-24-14-4-5-17(25-2)15(12-14)18-13-16(21-27-18)19(23)20-6-3-7-22-8-10-26-11-9-22/h4-5,12-13H,3,6-11H2,1-2H3,(H,20,23). The quantitative estimate of drug-likeness (QED) is 0.704. The van der Waals surface area contributed by atoms with Crippen LogP contribution in [-0.4, -0.2) is 69.6 Å². The lowest BCUT2D eigenvalue weighted by Crippen LogP contribution is -2.38. The third kappa shape index (κ3) is 4.99. The van der Waals surface area contributed by atoms with Crippen LogP contribution in [0.1, 0.15) is 16.9 Å². The second-order valence-corrected chi connectivity index (χ2v) is 6.21. The minimum atomic E-state index is -0.256. The molecule has 0 radical (unpaired) electrons. The third-order valence-electron chi connectivity index (χ3n) is 4.46. The summed E-state index contributed by atoms with van der Waals surface area (Å²) >= 11 is 0. The number of amides is 1. The monoisotopic (exact) mass is 375 g/mol. The lowest BCUT2D eigenvalue weighted by atomic mass is 10.1. The van der Waals surface area contributed by atoms with Gasteiger partial charge in [-0.3, -0.25) is 9.69 Å². The summed E-state index contributed by atoms with van der Waals surface area (Å²) in [7, 11) is 3.16. The largest absolute Gasteiger partial charge is 0.497 e. The molecule has 2 aromatic rings. The molecule has 0 bridgehead atoms. The average molecular weight is 375 g/mol. The number of ether oxygens (including phenoxy) is 3. The van der Waals surface area contributed by atoms with Crippen molar-refractivity contribution in [3.05, 3.63) is 30.0 Å². The molecule has 0 aliphatic carbocycles. The van der Waals surface area contributed by atoms with Gasteiger partial charge in [0.05, 0.1) is 33.0 Å². The summed E-state index contributed by atoms with van der Waals surface area (Å²) in [6, 6.07) is 6.96. The minimum absolute atomic E-state index is 0.237. The number of benzene rings is 1. The van der Waals surface area contributed by atoms with Crippen molar-refractivity contribution in [2.75, 3.05) is 53.6 Å². The normalized spacial score (nSPS) is 14.7. The van der Waals surface area contributed by atoms with Gasteiger partial charge in [0.2, 0.25) is 0 Å². The molecule has 146 valence electrons. The minimum Gasteiger partial charge on any atom is -0.497 e. The lowest BCUT2D eigenvalue weighted by Gasteiger charge is -2.26. The number of nitrogens with zero attached hydrogens (tertiary/aromatic N) is 2. The smallest absolute Gasteiger partial charge is 0.273 e. The Morgan fingerprint density at radius 2 is 2.04 bits per heavy atom. The molecule has 0 atom stereocenters. The Labute approximate surface area is 158 Å². The van der Waals surface area contributed by atoms with Gasteiger partial charge in [-0.2, -0.15) is 0 Å². The Kier molecular flexibility index (Phi) is 6.67. The highest BCUT2D eigenvalue weighted by Crippen LogP contribution is 2.33. The summed E-state index contributed by atoms with van der Waals surface area (Å²) in [6.07, 6.45) is 0.875. The van der Waals surface area contributed by atoms with Crippen LogP contribution < -0.4 is 14.8 Å². The molecule has 8 nitrogen and oxygen atoms in total. The number of morpholine rings is 1. The third-order valence-corrected chi connectivity index (χ3v) is 4.46. The molecule has 0 saturated carbocycles. The van der Waals surface area contributed by atoms with Crippen LogP contribution in [0.4, 0.5) is 0 Å². The van der Waals surface area contributed by atoms with E-state index in [9.17, 15) is 4.79 Å². The predicted octanol–water partition coefficient (Wildman–Crippen LogP) is 1.81. The number of aromatic nitrogens is 1. The Hall–Kier alpha value is -2.58. The van der Waals surface area contributed by atoms with E-state index in [1.165, 1.54) is 0 Å². The maximum atomic E-state index is 12.3. The number of hydrogen-bond donors (Lipinski definition) is 1. The zero-order valence-electron chi connectivity index (χ0n) is 15.7. The molecule has 1 saturated heterocycles. The van der Waals surface area contributed by atoms with Gasteiger partial charge < -0.3 is 24.1 Å². The van der Waals surface area contributed by atoms with Gasteiger partial charge in [-0.25, -0.2) is 0 Å². The molecule has 3 rings (SSSR count). The van der Waals surface area contributed by atoms with Gasteiger partial charge >= 0.3 is 0 Å². The summed E-state index contributed by atoms with van der Waals surface area (Å²) in [5, 5.41) is 6.76. The molecule has 1 aliphatic heterocycles. The molecule has 1 amide bonds. The van der Waals surface area contributed by atoms with E-state index in [4.69, 9.17) is 18.7 Å². The number of nitrogens with one attached hydrogen (secondary N) is 1. The Bertz CT molecular complexity index is 756. The fourth-order valence-corrected chi connectivity index (χ4v) is 2.94. The van der Waals surface area contributed by atoms with Gasteiger partial charge in [-0.05, 0) is 31.2 Å². The van der Waals surface area contributed by atoms with Crippen molar-refractivity contribution >= 4 is 5.91 Å². The number of methoxy groups -OCH3 is 2. The van der Waals surface area contributed by atoms with Crippen LogP contribution in [0.15, 0.2) is 28.8 Å². The fraction of sp³-hybridized carbons (Fsp3) is 0.474. The number of hydrogen-bond acceptors (Lipinski definition) is 7. The molecule has 2 heterocycles. The van der Waals surface area contributed by atoms with Gasteiger partial charge in [-0.15, -0.1) is 0 Å². The molecule has 27 heavy (non-hydrogen) atoms. The summed E-state index contributed by atoms with van der Waals surface area (Å²) in [4.78, 5) is 14.6. The summed E-state index contributed by atoms with van der Waals surface area (Å²) in [5.41, 5.74) is 0.914. The maximum Gasteiger partial charge on any atom is 0.273 e. The van der Waals surface area contributed by atoms with Crippen LogP contribution in [0, 0.1) is 0 Å². The van der Waals surface area contributed by atoms with Crippen molar-refractivity contribution in [3.63, 3.8) is 0 Å². The Morgan fingerprint density at radius 1 is 1.22 bits per heavy atom. The highest BCUT2D eigenvalue weighted by molar-refractivity contribution is 5.93. The highest BCUT2D eigenvalue weighted by atomic mass is 16.5. The van der Waals surface area contributed by atoms with E-state index >= 15 is 0 Å². The number of carbonyl (C=O) groups is 1. The first-order chi connectivity index (χ1) is 13.2. The molecular formula is C19H25N3O5. The van der Waals surface area contributed by atoms with Crippen molar-refractivity contribution in [1.29, 1.82) is 0 Å². The molecule has 1 aliphatic rings.